The number of aliphatic hydroxyl groups is 7. The number of halogens is 1. The van der Waals surface area contributed by atoms with Gasteiger partial charge in [0.1, 0.15) is 62.5 Å². The molecule has 11 atom stereocenters. The molecule has 0 aliphatic carbocycles. The number of rotatable bonds is 35. The van der Waals surface area contributed by atoms with Crippen molar-refractivity contribution in [1.29, 1.82) is 0 Å². The Bertz CT molecular complexity index is 1640. The molecule has 1 aromatic heterocycles. The minimum absolute atomic E-state index is 0.0161. The highest BCUT2D eigenvalue weighted by atomic mass is 35.5. The van der Waals surface area contributed by atoms with E-state index in [1.54, 1.807) is 4.68 Å². The normalized spacial score (nSPS) is 26.6. The van der Waals surface area contributed by atoms with Crippen molar-refractivity contribution in [3.63, 3.8) is 0 Å². The van der Waals surface area contributed by atoms with E-state index in [2.05, 4.69) is 29.6 Å². The summed E-state index contributed by atoms with van der Waals surface area (Å²) in [6.07, 6.45) is -7.02. The van der Waals surface area contributed by atoms with Crippen molar-refractivity contribution >= 4 is 43.2 Å². The first-order valence-electron chi connectivity index (χ1n) is 21.2. The lowest BCUT2D eigenvalue weighted by molar-refractivity contribution is -0.383. The summed E-state index contributed by atoms with van der Waals surface area (Å²) in [5.74, 6) is -3.30. The number of phosphoric ester groups is 1. The predicted octanol–water partition coefficient (Wildman–Crippen LogP) is -2.69. The topological polar surface area (TPSA) is 382 Å². The number of nitrogens with zero attached hydrogens (tertiary/aromatic N) is 3. The molecule has 1 unspecified atom stereocenters. The first-order valence-corrected chi connectivity index (χ1v) is 23.0. The maximum Gasteiger partial charge on any atom is 0.472 e. The van der Waals surface area contributed by atoms with E-state index in [1.165, 1.54) is 0 Å². The van der Waals surface area contributed by atoms with E-state index < -0.39 is 119 Å². The Labute approximate surface area is 384 Å². The van der Waals surface area contributed by atoms with Crippen LogP contribution in [0.3, 0.4) is 0 Å². The fourth-order valence-corrected chi connectivity index (χ4v) is 7.28. The van der Waals surface area contributed by atoms with Crippen molar-refractivity contribution in [2.45, 2.75) is 125 Å². The number of carbonyl (C=O) groups is 4. The van der Waals surface area contributed by atoms with Gasteiger partial charge in [-0.05, 0) is 19.3 Å². The van der Waals surface area contributed by atoms with Gasteiger partial charge in [-0.1, -0.05) is 30.9 Å². The van der Waals surface area contributed by atoms with Crippen LogP contribution in [-0.2, 0) is 78.9 Å². The molecule has 3 heterocycles. The van der Waals surface area contributed by atoms with Gasteiger partial charge in [-0.3, -0.25) is 23.4 Å². The highest BCUT2D eigenvalue weighted by molar-refractivity contribution is 7.47. The number of amides is 1. The maximum atomic E-state index is 12.4. The largest absolute Gasteiger partial charge is 0.472 e. The number of unbranched alkanes of at least 4 members (excludes halogenated alkanes) is 5. The molecule has 9 N–H and O–H groups in total. The Kier molecular flexibility index (Phi) is 26.4. The second-order valence-corrected chi connectivity index (χ2v) is 16.7. The van der Waals surface area contributed by atoms with Gasteiger partial charge in [-0.2, -0.15) is 0 Å². The highest BCUT2D eigenvalue weighted by Gasteiger charge is 2.58. The van der Waals surface area contributed by atoms with E-state index in [0.717, 1.165) is 44.2 Å². The van der Waals surface area contributed by atoms with Gasteiger partial charge in [-0.25, -0.2) is 14.0 Å². The van der Waals surface area contributed by atoms with Gasteiger partial charge in [0.25, 0.3) is 6.47 Å². The number of hydrogen-bond acceptors (Lipinski definition) is 24. The molecule has 1 amide bonds. The summed E-state index contributed by atoms with van der Waals surface area (Å²) in [6, 6.07) is 0. The van der Waals surface area contributed by atoms with Gasteiger partial charge >= 0.3 is 19.2 Å². The van der Waals surface area contributed by atoms with Crippen molar-refractivity contribution in [2.75, 3.05) is 72.6 Å². The van der Waals surface area contributed by atoms with Gasteiger partial charge in [0.2, 0.25) is 11.7 Å². The molecule has 2 saturated heterocycles. The van der Waals surface area contributed by atoms with Crippen LogP contribution < -0.4 is 5.32 Å². The lowest BCUT2D eigenvalue weighted by atomic mass is 9.99. The molecule has 3 rings (SSSR count). The summed E-state index contributed by atoms with van der Waals surface area (Å²) in [7, 11) is -4.59. The molecule has 2 aliphatic heterocycles. The fourth-order valence-electron chi connectivity index (χ4n) is 6.40. The molecule has 0 radical (unpaired) electrons. The summed E-state index contributed by atoms with van der Waals surface area (Å²) in [4.78, 5) is 55.2. The van der Waals surface area contributed by atoms with Crippen molar-refractivity contribution in [1.82, 2.24) is 20.3 Å². The molecule has 0 aromatic carbocycles. The van der Waals surface area contributed by atoms with Gasteiger partial charge in [0.05, 0.1) is 58.5 Å². The number of aryl methyl sites for hydroxylation is 1. The number of aromatic nitrogens is 3. The lowest BCUT2D eigenvalue weighted by Gasteiger charge is -2.43. The Hall–Kier alpha value is -3.06. The quantitative estimate of drug-likeness (QED) is 0.00835. The average Bonchev–Trinajstić information content (AvgIpc) is 3.84. The van der Waals surface area contributed by atoms with Crippen LogP contribution >= 0.6 is 19.4 Å². The maximum absolute atomic E-state index is 12.4. The Morgan fingerprint density at radius 2 is 1.61 bits per heavy atom. The smallest absolute Gasteiger partial charge is 0.464 e. The Balaban J connectivity index is 1.15. The summed E-state index contributed by atoms with van der Waals surface area (Å²) < 4.78 is 64.5. The second-order valence-electron chi connectivity index (χ2n) is 15.0. The number of carbonyl (C=O) groups excluding carboxylic acids is 4. The van der Waals surface area contributed by atoms with Crippen LogP contribution in [0.4, 0.5) is 4.79 Å². The van der Waals surface area contributed by atoms with E-state index >= 15 is 0 Å². The van der Waals surface area contributed by atoms with Gasteiger partial charge in [0, 0.05) is 37.2 Å². The highest BCUT2D eigenvalue weighted by Crippen LogP contribution is 2.43. The van der Waals surface area contributed by atoms with Crippen molar-refractivity contribution in [3.8, 4) is 0 Å². The van der Waals surface area contributed by atoms with Crippen LogP contribution in [0.25, 0.3) is 0 Å². The zero-order valence-corrected chi connectivity index (χ0v) is 37.7. The molecule has 2 fully saturated rings. The molecule has 2 aliphatic rings. The summed E-state index contributed by atoms with van der Waals surface area (Å²) in [5, 5.41) is 81.7. The zero-order valence-electron chi connectivity index (χ0n) is 36.1. The Morgan fingerprint density at radius 1 is 0.894 bits per heavy atom. The SMILES string of the molecule is O=COC[C@H](COP(=O)(O)OCCNC(=O)CCOCCOCCn1cc(CCCCCCCCC(=O)OC[C@H]2O[C@H](O[C@]3(CO)O[C@H](CO)[C@@H](O)[C@@H]3O)[C@H](O)[C@@H](O)[C@@H]2O)nn1)OC(=O)Cl. The number of hydrogen-bond donors (Lipinski definition) is 9. The number of aliphatic hydroxyl groups excluding tert-OH is 7. The molecule has 27 nitrogen and oxygen atoms in total. The molecular weight excluding hydrogens is 935 g/mol. The first kappa shape index (κ1) is 57.3. The first-order chi connectivity index (χ1) is 31.5. The minimum Gasteiger partial charge on any atom is -0.464 e. The fraction of sp³-hybridized carbons (Fsp3) is 0.838. The van der Waals surface area contributed by atoms with E-state index in [9.17, 15) is 64.4 Å². The molecular formula is C37H62ClN4O23P. The second kappa shape index (κ2) is 30.4. The number of phosphoric acid groups is 1. The van der Waals surface area contributed by atoms with E-state index in [1.807, 2.05) is 6.20 Å². The third kappa shape index (κ3) is 20.3. The number of nitrogens with one attached hydrogen (secondary N) is 1. The van der Waals surface area contributed by atoms with Crippen LogP contribution in [-0.4, -0.2) is 213 Å². The van der Waals surface area contributed by atoms with Gasteiger partial charge in [-0.15, -0.1) is 5.10 Å². The van der Waals surface area contributed by atoms with E-state index in [-0.39, 0.29) is 52.3 Å². The van der Waals surface area contributed by atoms with Crippen LogP contribution in [0.2, 0.25) is 0 Å². The summed E-state index contributed by atoms with van der Waals surface area (Å²) in [6.45, 7) is -2.34. The van der Waals surface area contributed by atoms with Crippen LogP contribution in [0, 0.1) is 0 Å². The van der Waals surface area contributed by atoms with Crippen LogP contribution in [0.15, 0.2) is 6.20 Å². The van der Waals surface area contributed by atoms with E-state index in [0.29, 0.717) is 19.6 Å². The van der Waals surface area contributed by atoms with Gasteiger partial charge < -0.3 is 83.9 Å². The van der Waals surface area contributed by atoms with Gasteiger partial charge in [0.15, 0.2) is 12.4 Å². The number of esters is 1. The molecule has 66 heavy (non-hydrogen) atoms. The molecule has 1 aromatic rings. The van der Waals surface area contributed by atoms with E-state index in [4.69, 9.17) is 44.5 Å². The molecule has 0 spiro atoms. The molecule has 0 saturated carbocycles. The predicted molar refractivity (Wildman–Crippen MR) is 218 cm³/mol. The summed E-state index contributed by atoms with van der Waals surface area (Å²) in [5.41, 5.74) is -0.400. The average molecular weight is 997 g/mol. The Morgan fingerprint density at radius 3 is 2.29 bits per heavy atom. The minimum atomic E-state index is -4.59. The third-order valence-electron chi connectivity index (χ3n) is 9.97. The lowest BCUT2D eigenvalue weighted by Crippen LogP contribution is -2.62. The van der Waals surface area contributed by atoms with Crippen LogP contribution in [0.5, 0.6) is 0 Å². The zero-order chi connectivity index (χ0) is 48.5. The van der Waals surface area contributed by atoms with Crippen molar-refractivity contribution in [3.05, 3.63) is 11.9 Å². The van der Waals surface area contributed by atoms with Crippen LogP contribution in [0.1, 0.15) is 57.1 Å². The standard InChI is InChI=1S/C37H62ClN4O23P/c38-36(53)62-25(19-58-23-45)20-61-66(54,55)60-13-10-39-28(46)9-12-56-15-16-57-14-11-42-17-24(40-41-42)7-5-3-1-2-4-6-8-29(47)59-21-27-30(48)32(50)33(51)35(63-27)65-37(22-44)34(52)31(49)26(18-43)64-37/h17,23,25-27,30-35,43-44,48-52H,1-16,18-22H2,(H,39,46)(H,54,55)/t25-,26-,27-,30-,31-,32+,33-,34+,35-,37+/m1/s1. The monoisotopic (exact) mass is 996 g/mol. The molecule has 380 valence electrons. The molecule has 29 heteroatoms. The number of ether oxygens (including phenoxy) is 8. The summed E-state index contributed by atoms with van der Waals surface area (Å²) >= 11 is 5.09. The third-order valence-corrected chi connectivity index (χ3v) is 11.0. The van der Waals surface area contributed by atoms with Crippen molar-refractivity contribution < 1.29 is 111 Å². The van der Waals surface area contributed by atoms with Crippen molar-refractivity contribution in [2.24, 2.45) is 0 Å². The molecule has 0 bridgehead atoms.